The first-order valence-electron chi connectivity index (χ1n) is 6.47. The Kier molecular flexibility index (Phi) is 4.13. The van der Waals surface area contributed by atoms with Crippen molar-refractivity contribution < 1.29 is 14.3 Å². The lowest BCUT2D eigenvalue weighted by Gasteiger charge is -2.10. The molecule has 0 unspecified atom stereocenters. The number of esters is 1. The largest absolute Gasteiger partial charge is 0.426 e. The predicted molar refractivity (Wildman–Crippen MR) is 68.7 cm³/mol. The van der Waals surface area contributed by atoms with E-state index in [-0.39, 0.29) is 11.8 Å². The fourth-order valence-corrected chi connectivity index (χ4v) is 2.46. The zero-order chi connectivity index (χ0) is 13.0. The first-order valence-corrected chi connectivity index (χ1v) is 6.47. The first-order chi connectivity index (χ1) is 8.66. The highest BCUT2D eigenvalue weighted by Crippen LogP contribution is 2.28. The van der Waals surface area contributed by atoms with Crippen LogP contribution in [0.3, 0.4) is 0 Å². The van der Waals surface area contributed by atoms with E-state index in [9.17, 15) is 9.59 Å². The monoisotopic (exact) mass is 246 g/mol. The number of ether oxygens (including phenoxy) is 1. The van der Waals surface area contributed by atoms with Gasteiger partial charge in [0.1, 0.15) is 5.75 Å². The summed E-state index contributed by atoms with van der Waals surface area (Å²) in [6.07, 6.45) is 5.11. The maximum atomic E-state index is 11.8. The smallest absolute Gasteiger partial charge is 0.311 e. The van der Waals surface area contributed by atoms with E-state index in [0.717, 1.165) is 12.8 Å². The van der Waals surface area contributed by atoms with Gasteiger partial charge < -0.3 is 4.74 Å². The Labute approximate surface area is 107 Å². The first kappa shape index (κ1) is 12.8. The number of benzene rings is 1. The molecule has 0 N–H and O–H groups in total. The van der Waals surface area contributed by atoms with Crippen LogP contribution < -0.4 is 4.74 Å². The highest BCUT2D eigenvalue weighted by atomic mass is 16.5. The lowest BCUT2D eigenvalue weighted by atomic mass is 10.0. The number of ketones is 1. The zero-order valence-corrected chi connectivity index (χ0v) is 10.6. The van der Waals surface area contributed by atoms with Gasteiger partial charge in [-0.05, 0) is 37.8 Å². The molecule has 0 heterocycles. The van der Waals surface area contributed by atoms with Crippen LogP contribution in [0.25, 0.3) is 0 Å². The third-order valence-electron chi connectivity index (χ3n) is 3.42. The number of rotatable bonds is 4. The van der Waals surface area contributed by atoms with Gasteiger partial charge in [-0.1, -0.05) is 25.0 Å². The SMILES string of the molecule is CC(=O)c1ccccc1OC(=O)CC1CCCC1. The van der Waals surface area contributed by atoms with Crippen LogP contribution in [-0.4, -0.2) is 11.8 Å². The summed E-state index contributed by atoms with van der Waals surface area (Å²) in [5.41, 5.74) is 0.470. The van der Waals surface area contributed by atoms with E-state index in [1.807, 2.05) is 0 Å². The third kappa shape index (κ3) is 3.19. The molecule has 1 aromatic rings. The molecule has 0 saturated heterocycles. The standard InChI is InChI=1S/C15H18O3/c1-11(16)13-8-4-5-9-14(13)18-15(17)10-12-6-2-3-7-12/h4-5,8-9,12H,2-3,6-7,10H2,1H3. The van der Waals surface area contributed by atoms with Gasteiger partial charge in [0.15, 0.2) is 5.78 Å². The number of carbonyl (C=O) groups excluding carboxylic acids is 2. The summed E-state index contributed by atoms with van der Waals surface area (Å²) in [7, 11) is 0. The molecule has 3 heteroatoms. The number of hydrogen-bond acceptors (Lipinski definition) is 3. The van der Waals surface area contributed by atoms with Crippen molar-refractivity contribution in [2.45, 2.75) is 39.0 Å². The zero-order valence-electron chi connectivity index (χ0n) is 10.6. The summed E-state index contributed by atoms with van der Waals surface area (Å²) in [6.45, 7) is 1.48. The third-order valence-corrected chi connectivity index (χ3v) is 3.42. The number of carbonyl (C=O) groups is 2. The summed E-state index contributed by atoms with van der Waals surface area (Å²) in [6, 6.07) is 6.89. The summed E-state index contributed by atoms with van der Waals surface area (Å²) in [5.74, 6) is 0.532. The highest BCUT2D eigenvalue weighted by molar-refractivity contribution is 5.97. The van der Waals surface area contributed by atoms with Gasteiger partial charge in [0.2, 0.25) is 0 Å². The van der Waals surface area contributed by atoms with Crippen LogP contribution in [0.5, 0.6) is 5.75 Å². The minimum atomic E-state index is -0.226. The second-order valence-corrected chi connectivity index (χ2v) is 4.88. The molecule has 0 aromatic heterocycles. The molecule has 2 rings (SSSR count). The highest BCUT2D eigenvalue weighted by Gasteiger charge is 2.20. The van der Waals surface area contributed by atoms with Crippen molar-refractivity contribution in [2.24, 2.45) is 5.92 Å². The molecule has 0 radical (unpaired) electrons. The van der Waals surface area contributed by atoms with E-state index in [2.05, 4.69) is 0 Å². The van der Waals surface area contributed by atoms with Crippen LogP contribution in [0.15, 0.2) is 24.3 Å². The molecular weight excluding hydrogens is 228 g/mol. The summed E-state index contributed by atoms with van der Waals surface area (Å²) in [5, 5.41) is 0. The number of Topliss-reactive ketones (excluding diaryl/α,β-unsaturated/α-hetero) is 1. The Hall–Kier alpha value is -1.64. The second-order valence-electron chi connectivity index (χ2n) is 4.88. The van der Waals surface area contributed by atoms with Crippen LogP contribution in [0.1, 0.15) is 49.4 Å². The Morgan fingerprint density at radius 1 is 1.22 bits per heavy atom. The van der Waals surface area contributed by atoms with Crippen LogP contribution in [0.2, 0.25) is 0 Å². The minimum absolute atomic E-state index is 0.0840. The van der Waals surface area contributed by atoms with E-state index in [0.29, 0.717) is 23.7 Å². The van der Waals surface area contributed by atoms with Crippen molar-refractivity contribution in [1.29, 1.82) is 0 Å². The van der Waals surface area contributed by atoms with Crippen LogP contribution in [0.4, 0.5) is 0 Å². The van der Waals surface area contributed by atoms with Crippen molar-refractivity contribution in [2.75, 3.05) is 0 Å². The van der Waals surface area contributed by atoms with Crippen molar-refractivity contribution in [3.8, 4) is 5.75 Å². The van der Waals surface area contributed by atoms with E-state index in [4.69, 9.17) is 4.74 Å². The van der Waals surface area contributed by atoms with Gasteiger partial charge in [-0.2, -0.15) is 0 Å². The van der Waals surface area contributed by atoms with Gasteiger partial charge in [-0.25, -0.2) is 0 Å². The fraction of sp³-hybridized carbons (Fsp3) is 0.467. The molecule has 1 aliphatic rings. The van der Waals surface area contributed by atoms with Gasteiger partial charge in [0, 0.05) is 6.42 Å². The Bertz CT molecular complexity index is 445. The van der Waals surface area contributed by atoms with Crippen LogP contribution >= 0.6 is 0 Å². The van der Waals surface area contributed by atoms with Gasteiger partial charge >= 0.3 is 5.97 Å². The molecule has 0 spiro atoms. The second kappa shape index (κ2) is 5.80. The molecule has 0 amide bonds. The lowest BCUT2D eigenvalue weighted by molar-refractivity contribution is -0.135. The predicted octanol–water partition coefficient (Wildman–Crippen LogP) is 3.37. The molecule has 0 bridgehead atoms. The van der Waals surface area contributed by atoms with Gasteiger partial charge in [-0.15, -0.1) is 0 Å². The van der Waals surface area contributed by atoms with E-state index in [1.54, 1.807) is 24.3 Å². The molecule has 0 atom stereocenters. The summed E-state index contributed by atoms with van der Waals surface area (Å²) in [4.78, 5) is 23.2. The topological polar surface area (TPSA) is 43.4 Å². The Balaban J connectivity index is 2.00. The molecule has 1 aromatic carbocycles. The van der Waals surface area contributed by atoms with Crippen LogP contribution in [-0.2, 0) is 4.79 Å². The molecule has 0 aliphatic heterocycles. The van der Waals surface area contributed by atoms with Gasteiger partial charge in [-0.3, -0.25) is 9.59 Å². The fourth-order valence-electron chi connectivity index (χ4n) is 2.46. The average molecular weight is 246 g/mol. The van der Waals surface area contributed by atoms with Gasteiger partial charge in [0.25, 0.3) is 0 Å². The normalized spacial score (nSPS) is 15.6. The van der Waals surface area contributed by atoms with E-state index in [1.165, 1.54) is 19.8 Å². The molecule has 1 fully saturated rings. The molecule has 18 heavy (non-hydrogen) atoms. The van der Waals surface area contributed by atoms with Crippen molar-refractivity contribution in [3.05, 3.63) is 29.8 Å². The Morgan fingerprint density at radius 3 is 2.56 bits per heavy atom. The summed E-state index contributed by atoms with van der Waals surface area (Å²) >= 11 is 0. The Morgan fingerprint density at radius 2 is 1.89 bits per heavy atom. The van der Waals surface area contributed by atoms with Crippen molar-refractivity contribution >= 4 is 11.8 Å². The van der Waals surface area contributed by atoms with Crippen LogP contribution in [0, 0.1) is 5.92 Å². The maximum absolute atomic E-state index is 11.8. The number of para-hydroxylation sites is 1. The number of hydrogen-bond donors (Lipinski definition) is 0. The van der Waals surface area contributed by atoms with E-state index < -0.39 is 0 Å². The van der Waals surface area contributed by atoms with Gasteiger partial charge in [0.05, 0.1) is 5.56 Å². The van der Waals surface area contributed by atoms with Crippen molar-refractivity contribution in [1.82, 2.24) is 0 Å². The molecule has 1 saturated carbocycles. The average Bonchev–Trinajstić information content (AvgIpc) is 2.82. The molecule has 1 aliphatic carbocycles. The quantitative estimate of drug-likeness (QED) is 0.464. The summed E-state index contributed by atoms with van der Waals surface area (Å²) < 4.78 is 5.31. The molecule has 3 nitrogen and oxygen atoms in total. The lowest BCUT2D eigenvalue weighted by Crippen LogP contribution is -2.13. The molecular formula is C15H18O3. The van der Waals surface area contributed by atoms with Crippen molar-refractivity contribution in [3.63, 3.8) is 0 Å². The molecule has 96 valence electrons. The van der Waals surface area contributed by atoms with E-state index >= 15 is 0 Å². The minimum Gasteiger partial charge on any atom is -0.426 e. The maximum Gasteiger partial charge on any atom is 0.311 e.